The molecule has 0 spiro atoms. The molecule has 1 aliphatic carbocycles. The number of benzene rings is 1. The summed E-state index contributed by atoms with van der Waals surface area (Å²) in [6.07, 6.45) is 2.43. The Hall–Kier alpha value is -2.04. The second-order valence-corrected chi connectivity index (χ2v) is 7.46. The van der Waals surface area contributed by atoms with E-state index in [1.54, 1.807) is 0 Å². The summed E-state index contributed by atoms with van der Waals surface area (Å²) in [5, 5.41) is 2.67. The third-order valence-electron chi connectivity index (χ3n) is 5.95. The number of alkyl carbamates (subject to hydrolysis) is 1. The first-order chi connectivity index (χ1) is 11.6. The highest BCUT2D eigenvalue weighted by molar-refractivity contribution is 5.80. The molecule has 0 radical (unpaired) electrons. The minimum Gasteiger partial charge on any atom is -0.450 e. The molecule has 1 aromatic carbocycles. The van der Waals surface area contributed by atoms with Crippen LogP contribution in [-0.4, -0.2) is 43.1 Å². The van der Waals surface area contributed by atoms with Gasteiger partial charge in [0, 0.05) is 25.0 Å². The molecule has 2 aliphatic heterocycles. The van der Waals surface area contributed by atoms with Crippen molar-refractivity contribution >= 4 is 12.0 Å². The Morgan fingerprint density at radius 2 is 2.29 bits per heavy atom. The SMILES string of the molecule is Cc1cccc(C23CCN(C(=O)[C@@H]4CCOC(=O)NC4)CC2C3)c1. The number of piperidine rings is 1. The number of rotatable bonds is 2. The van der Waals surface area contributed by atoms with Crippen LogP contribution < -0.4 is 5.32 Å². The molecular formula is C19H24N2O3. The molecule has 2 heterocycles. The molecule has 128 valence electrons. The number of hydrogen-bond donors (Lipinski definition) is 1. The summed E-state index contributed by atoms with van der Waals surface area (Å²) in [5.74, 6) is 0.598. The van der Waals surface area contributed by atoms with Gasteiger partial charge in [-0.1, -0.05) is 29.8 Å². The van der Waals surface area contributed by atoms with Gasteiger partial charge in [0.05, 0.1) is 12.5 Å². The lowest BCUT2D eigenvalue weighted by molar-refractivity contribution is -0.136. The second-order valence-electron chi connectivity index (χ2n) is 7.46. The lowest BCUT2D eigenvalue weighted by Gasteiger charge is -2.34. The van der Waals surface area contributed by atoms with Gasteiger partial charge in [-0.05, 0) is 37.7 Å². The fourth-order valence-corrected chi connectivity index (χ4v) is 4.39. The van der Waals surface area contributed by atoms with E-state index in [0.717, 1.165) is 19.5 Å². The molecule has 2 amide bonds. The quantitative estimate of drug-likeness (QED) is 0.906. The van der Waals surface area contributed by atoms with Crippen molar-refractivity contribution in [2.24, 2.45) is 11.8 Å². The van der Waals surface area contributed by atoms with Crippen molar-refractivity contribution < 1.29 is 14.3 Å². The molecule has 2 unspecified atom stereocenters. The van der Waals surface area contributed by atoms with Gasteiger partial charge in [-0.15, -0.1) is 0 Å². The number of likely N-dealkylation sites (tertiary alicyclic amines) is 1. The van der Waals surface area contributed by atoms with E-state index in [2.05, 4.69) is 36.5 Å². The first-order valence-electron chi connectivity index (χ1n) is 8.85. The van der Waals surface area contributed by atoms with Crippen LogP contribution in [0.5, 0.6) is 0 Å². The Balaban J connectivity index is 1.41. The average Bonchev–Trinajstić information content (AvgIpc) is 3.34. The van der Waals surface area contributed by atoms with Crippen molar-refractivity contribution in [3.63, 3.8) is 0 Å². The van der Waals surface area contributed by atoms with E-state index in [-0.39, 0.29) is 11.8 Å². The standard InChI is InChI=1S/C19H24N2O3/c1-13-3-2-4-15(9-13)19-6-7-21(12-16(19)10-19)17(22)14-5-8-24-18(23)20-11-14/h2-4,9,14,16H,5-8,10-12H2,1H3,(H,20,23)/t14-,16?,19?/m1/s1. The minimum atomic E-state index is -0.412. The normalized spacial score (nSPS) is 32.2. The molecule has 5 nitrogen and oxygen atoms in total. The molecule has 1 saturated carbocycles. The number of nitrogens with one attached hydrogen (secondary N) is 1. The summed E-state index contributed by atoms with van der Waals surface area (Å²) < 4.78 is 4.96. The van der Waals surface area contributed by atoms with E-state index >= 15 is 0 Å². The Labute approximate surface area is 142 Å². The van der Waals surface area contributed by atoms with Gasteiger partial charge in [-0.3, -0.25) is 4.79 Å². The van der Waals surface area contributed by atoms with Crippen molar-refractivity contribution in [2.45, 2.75) is 31.6 Å². The predicted molar refractivity (Wildman–Crippen MR) is 89.6 cm³/mol. The fraction of sp³-hybridized carbons (Fsp3) is 0.579. The molecule has 5 heteroatoms. The Morgan fingerprint density at radius 1 is 1.42 bits per heavy atom. The minimum absolute atomic E-state index is 0.151. The molecule has 1 aromatic rings. The van der Waals surface area contributed by atoms with Crippen molar-refractivity contribution in [3.05, 3.63) is 35.4 Å². The number of nitrogens with zero attached hydrogens (tertiary/aromatic N) is 1. The van der Waals surface area contributed by atoms with Crippen molar-refractivity contribution in [1.29, 1.82) is 0 Å². The molecule has 3 aliphatic rings. The molecule has 0 bridgehead atoms. The van der Waals surface area contributed by atoms with Crippen LogP contribution in [0.1, 0.15) is 30.4 Å². The first-order valence-corrected chi connectivity index (χ1v) is 8.85. The van der Waals surface area contributed by atoms with E-state index in [0.29, 0.717) is 30.9 Å². The van der Waals surface area contributed by atoms with Gasteiger partial charge in [-0.25, -0.2) is 4.79 Å². The van der Waals surface area contributed by atoms with Crippen LogP contribution in [0, 0.1) is 18.8 Å². The zero-order chi connectivity index (χ0) is 16.7. The van der Waals surface area contributed by atoms with Crippen molar-refractivity contribution in [2.75, 3.05) is 26.2 Å². The van der Waals surface area contributed by atoms with Crippen LogP contribution in [0.2, 0.25) is 0 Å². The van der Waals surface area contributed by atoms with Gasteiger partial charge in [-0.2, -0.15) is 0 Å². The highest BCUT2D eigenvalue weighted by atomic mass is 16.5. The largest absolute Gasteiger partial charge is 0.450 e. The van der Waals surface area contributed by atoms with Gasteiger partial charge in [0.25, 0.3) is 0 Å². The lowest BCUT2D eigenvalue weighted by atomic mass is 9.86. The van der Waals surface area contributed by atoms with Gasteiger partial charge in [0.2, 0.25) is 5.91 Å². The van der Waals surface area contributed by atoms with Crippen LogP contribution in [0.15, 0.2) is 24.3 Å². The van der Waals surface area contributed by atoms with E-state index in [1.807, 2.05) is 4.90 Å². The summed E-state index contributed by atoms with van der Waals surface area (Å²) in [6.45, 7) is 4.51. The Bertz CT molecular complexity index is 674. The molecule has 1 N–H and O–H groups in total. The number of fused-ring (bicyclic) bond motifs is 1. The maximum absolute atomic E-state index is 12.8. The highest BCUT2D eigenvalue weighted by Gasteiger charge is 2.58. The van der Waals surface area contributed by atoms with E-state index in [9.17, 15) is 9.59 Å². The number of carbonyl (C=O) groups excluding carboxylic acids is 2. The van der Waals surface area contributed by atoms with Crippen LogP contribution >= 0.6 is 0 Å². The fourth-order valence-electron chi connectivity index (χ4n) is 4.39. The van der Waals surface area contributed by atoms with Crippen LogP contribution in [0.4, 0.5) is 4.79 Å². The van der Waals surface area contributed by atoms with Crippen LogP contribution in [0.3, 0.4) is 0 Å². The number of carbonyl (C=O) groups is 2. The molecular weight excluding hydrogens is 304 g/mol. The molecule has 4 rings (SSSR count). The second kappa shape index (κ2) is 5.80. The Kier molecular flexibility index (Phi) is 3.74. The summed E-state index contributed by atoms with van der Waals surface area (Å²) >= 11 is 0. The van der Waals surface area contributed by atoms with E-state index < -0.39 is 6.09 Å². The molecule has 24 heavy (non-hydrogen) atoms. The van der Waals surface area contributed by atoms with Gasteiger partial charge in [0.15, 0.2) is 0 Å². The van der Waals surface area contributed by atoms with Crippen molar-refractivity contribution in [1.82, 2.24) is 10.2 Å². The summed E-state index contributed by atoms with van der Waals surface area (Å²) in [7, 11) is 0. The molecule has 3 atom stereocenters. The van der Waals surface area contributed by atoms with Gasteiger partial charge in [0.1, 0.15) is 0 Å². The first kappa shape index (κ1) is 15.5. The van der Waals surface area contributed by atoms with Crippen molar-refractivity contribution in [3.8, 4) is 0 Å². The van der Waals surface area contributed by atoms with Gasteiger partial charge < -0.3 is 15.0 Å². The van der Waals surface area contributed by atoms with E-state index in [4.69, 9.17) is 4.74 Å². The van der Waals surface area contributed by atoms with Gasteiger partial charge >= 0.3 is 6.09 Å². The third-order valence-corrected chi connectivity index (χ3v) is 5.95. The highest BCUT2D eigenvalue weighted by Crippen LogP contribution is 2.59. The zero-order valence-corrected chi connectivity index (χ0v) is 14.1. The number of cyclic esters (lactones) is 1. The summed E-state index contributed by atoms with van der Waals surface area (Å²) in [4.78, 5) is 26.1. The molecule has 2 saturated heterocycles. The average molecular weight is 328 g/mol. The van der Waals surface area contributed by atoms with Crippen LogP contribution in [-0.2, 0) is 14.9 Å². The Morgan fingerprint density at radius 3 is 3.08 bits per heavy atom. The summed E-state index contributed by atoms with van der Waals surface area (Å²) in [5.41, 5.74) is 3.04. The van der Waals surface area contributed by atoms with E-state index in [1.165, 1.54) is 17.5 Å². The molecule has 3 fully saturated rings. The number of amides is 2. The topological polar surface area (TPSA) is 58.6 Å². The monoisotopic (exact) mass is 328 g/mol. The molecule has 0 aromatic heterocycles. The maximum Gasteiger partial charge on any atom is 0.407 e. The predicted octanol–water partition coefficient (Wildman–Crippen LogP) is 2.23. The number of hydrogen-bond acceptors (Lipinski definition) is 3. The smallest absolute Gasteiger partial charge is 0.407 e. The number of aryl methyl sites for hydroxylation is 1. The number of ether oxygens (including phenoxy) is 1. The van der Waals surface area contributed by atoms with Crippen LogP contribution in [0.25, 0.3) is 0 Å². The third kappa shape index (κ3) is 2.66. The lowest BCUT2D eigenvalue weighted by Crippen LogP contribution is -2.45. The zero-order valence-electron chi connectivity index (χ0n) is 14.1. The maximum atomic E-state index is 12.8. The summed E-state index contributed by atoms with van der Waals surface area (Å²) in [6, 6.07) is 8.82.